The third-order valence-corrected chi connectivity index (χ3v) is 3.85. The molecule has 6 heteroatoms. The Labute approximate surface area is 109 Å². The predicted molar refractivity (Wildman–Crippen MR) is 65.0 cm³/mol. The number of nitrogens with one attached hydrogen (secondary N) is 2. The highest BCUT2D eigenvalue weighted by Gasteiger charge is 2.40. The van der Waals surface area contributed by atoms with Crippen molar-refractivity contribution in [2.75, 3.05) is 0 Å². The van der Waals surface area contributed by atoms with Crippen molar-refractivity contribution in [3.05, 3.63) is 28.8 Å². The van der Waals surface area contributed by atoms with Crippen molar-refractivity contribution in [3.8, 4) is 0 Å². The van der Waals surface area contributed by atoms with Crippen LogP contribution in [-0.2, 0) is 0 Å². The summed E-state index contributed by atoms with van der Waals surface area (Å²) >= 11 is 5.60. The zero-order valence-electron chi connectivity index (χ0n) is 9.62. The highest BCUT2D eigenvalue weighted by Crippen LogP contribution is 2.28. The minimum atomic E-state index is -0.684. The fraction of sp³-hybridized carbons (Fsp3) is 0.500. The summed E-state index contributed by atoms with van der Waals surface area (Å²) in [5, 5.41) is 6.43. The summed E-state index contributed by atoms with van der Waals surface area (Å²) < 4.78 is 13.5. The number of aromatic nitrogens is 1. The number of amides is 1. The lowest BCUT2D eigenvalue weighted by Crippen LogP contribution is -2.43. The molecular weight excluding hydrogens is 257 g/mol. The number of hydrogen-bond donors (Lipinski definition) is 2. The van der Waals surface area contributed by atoms with Gasteiger partial charge >= 0.3 is 0 Å². The van der Waals surface area contributed by atoms with Crippen LogP contribution in [0.4, 0.5) is 4.39 Å². The van der Waals surface area contributed by atoms with E-state index in [1.54, 1.807) is 0 Å². The summed E-state index contributed by atoms with van der Waals surface area (Å²) in [4.78, 5) is 15.7. The number of hydrogen-bond acceptors (Lipinski definition) is 3. The van der Waals surface area contributed by atoms with Crippen molar-refractivity contribution in [1.29, 1.82) is 0 Å². The maximum Gasteiger partial charge on any atom is 0.273 e. The van der Waals surface area contributed by atoms with Crippen LogP contribution in [0.15, 0.2) is 12.3 Å². The standard InChI is InChI=1S/C12H13ClFN3O/c13-6-3-8(14)11(15-5-6)12(18)17-10-4-7-1-2-9(10)16-7/h3,5,7,9-10,16H,1-2,4H2,(H,17,18). The van der Waals surface area contributed by atoms with Gasteiger partial charge in [-0.05, 0) is 25.3 Å². The first-order valence-electron chi connectivity index (χ1n) is 6.01. The molecule has 3 unspecified atom stereocenters. The molecule has 0 saturated carbocycles. The third-order valence-electron chi connectivity index (χ3n) is 3.64. The molecule has 2 N–H and O–H groups in total. The summed E-state index contributed by atoms with van der Waals surface area (Å²) in [7, 11) is 0. The molecule has 2 fully saturated rings. The first kappa shape index (κ1) is 11.9. The Hall–Kier alpha value is -1.20. The molecular formula is C12H13ClFN3O. The van der Waals surface area contributed by atoms with Gasteiger partial charge in [-0.1, -0.05) is 11.6 Å². The van der Waals surface area contributed by atoms with Gasteiger partial charge in [-0.15, -0.1) is 0 Å². The monoisotopic (exact) mass is 269 g/mol. The van der Waals surface area contributed by atoms with Gasteiger partial charge in [0.25, 0.3) is 5.91 Å². The Morgan fingerprint density at radius 3 is 3.00 bits per heavy atom. The fourth-order valence-electron chi connectivity index (χ4n) is 2.80. The molecule has 4 nitrogen and oxygen atoms in total. The molecule has 0 aliphatic carbocycles. The first-order valence-corrected chi connectivity index (χ1v) is 6.39. The normalized spacial score (nSPS) is 29.6. The Balaban J connectivity index is 1.71. The number of halogens is 2. The lowest BCUT2D eigenvalue weighted by Gasteiger charge is -2.21. The molecule has 1 amide bonds. The molecule has 0 spiro atoms. The van der Waals surface area contributed by atoms with Gasteiger partial charge in [0.2, 0.25) is 0 Å². The summed E-state index contributed by atoms with van der Waals surface area (Å²) in [5.74, 6) is -1.15. The van der Waals surface area contributed by atoms with Gasteiger partial charge in [0.05, 0.1) is 5.02 Å². The number of rotatable bonds is 2. The quantitative estimate of drug-likeness (QED) is 0.855. The molecule has 1 aromatic rings. The van der Waals surface area contributed by atoms with Gasteiger partial charge in [0, 0.05) is 24.3 Å². The van der Waals surface area contributed by atoms with Gasteiger partial charge in [-0.2, -0.15) is 0 Å². The number of carbonyl (C=O) groups is 1. The Morgan fingerprint density at radius 2 is 2.39 bits per heavy atom. The summed E-state index contributed by atoms with van der Waals surface area (Å²) in [6.45, 7) is 0. The second-order valence-corrected chi connectivity index (χ2v) is 5.28. The molecule has 2 aliphatic rings. The van der Waals surface area contributed by atoms with Crippen molar-refractivity contribution < 1.29 is 9.18 Å². The topological polar surface area (TPSA) is 54.0 Å². The molecule has 18 heavy (non-hydrogen) atoms. The molecule has 1 aromatic heterocycles. The average Bonchev–Trinajstić information content (AvgIpc) is 2.90. The first-order chi connectivity index (χ1) is 8.63. The van der Waals surface area contributed by atoms with Gasteiger partial charge in [0.15, 0.2) is 11.5 Å². The van der Waals surface area contributed by atoms with Crippen molar-refractivity contribution in [1.82, 2.24) is 15.6 Å². The van der Waals surface area contributed by atoms with Crippen LogP contribution in [0.5, 0.6) is 0 Å². The Kier molecular flexibility index (Phi) is 2.95. The summed E-state index contributed by atoms with van der Waals surface area (Å²) in [5.41, 5.74) is -0.192. The van der Waals surface area contributed by atoms with Crippen LogP contribution in [0, 0.1) is 5.82 Å². The molecule has 3 rings (SSSR count). The summed E-state index contributed by atoms with van der Waals surface area (Å²) in [6, 6.07) is 1.98. The molecule has 3 heterocycles. The van der Waals surface area contributed by atoms with Crippen LogP contribution < -0.4 is 10.6 Å². The highest BCUT2D eigenvalue weighted by atomic mass is 35.5. The van der Waals surface area contributed by atoms with E-state index in [4.69, 9.17) is 11.6 Å². The van der Waals surface area contributed by atoms with E-state index in [2.05, 4.69) is 15.6 Å². The molecule has 2 bridgehead atoms. The zero-order valence-corrected chi connectivity index (χ0v) is 10.4. The highest BCUT2D eigenvalue weighted by molar-refractivity contribution is 6.30. The number of carbonyl (C=O) groups excluding carboxylic acids is 1. The van der Waals surface area contributed by atoms with E-state index < -0.39 is 11.7 Å². The second kappa shape index (κ2) is 4.48. The predicted octanol–water partition coefficient (Wildman–Crippen LogP) is 1.50. The largest absolute Gasteiger partial charge is 0.346 e. The zero-order chi connectivity index (χ0) is 12.7. The van der Waals surface area contributed by atoms with Gasteiger partial charge in [0.1, 0.15) is 0 Å². The van der Waals surface area contributed by atoms with Gasteiger partial charge < -0.3 is 10.6 Å². The molecule has 2 aliphatic heterocycles. The smallest absolute Gasteiger partial charge is 0.273 e. The number of nitrogens with zero attached hydrogens (tertiary/aromatic N) is 1. The maximum absolute atomic E-state index is 13.5. The number of fused-ring (bicyclic) bond motifs is 2. The third kappa shape index (κ3) is 2.08. The van der Waals surface area contributed by atoms with E-state index in [0.29, 0.717) is 12.1 Å². The van der Waals surface area contributed by atoms with E-state index in [1.807, 2.05) is 0 Å². The van der Waals surface area contributed by atoms with Crippen LogP contribution >= 0.6 is 11.6 Å². The molecule has 0 radical (unpaired) electrons. The van der Waals surface area contributed by atoms with Crippen LogP contribution in [0.2, 0.25) is 5.02 Å². The minimum Gasteiger partial charge on any atom is -0.346 e. The van der Waals surface area contributed by atoms with E-state index in [0.717, 1.165) is 25.3 Å². The van der Waals surface area contributed by atoms with Crippen molar-refractivity contribution in [3.63, 3.8) is 0 Å². The Bertz CT molecular complexity index is 496. The van der Waals surface area contributed by atoms with Gasteiger partial charge in [-0.25, -0.2) is 9.37 Å². The van der Waals surface area contributed by atoms with Crippen LogP contribution in [0.1, 0.15) is 29.8 Å². The van der Waals surface area contributed by atoms with Crippen molar-refractivity contribution in [2.24, 2.45) is 0 Å². The molecule has 2 saturated heterocycles. The maximum atomic E-state index is 13.5. The lowest BCUT2D eigenvalue weighted by atomic mass is 9.95. The lowest BCUT2D eigenvalue weighted by molar-refractivity contribution is 0.0921. The Morgan fingerprint density at radius 1 is 1.56 bits per heavy atom. The second-order valence-electron chi connectivity index (χ2n) is 4.85. The van der Waals surface area contributed by atoms with E-state index in [-0.39, 0.29) is 16.8 Å². The molecule has 0 aromatic carbocycles. The van der Waals surface area contributed by atoms with E-state index >= 15 is 0 Å². The fourth-order valence-corrected chi connectivity index (χ4v) is 2.95. The molecule has 96 valence electrons. The SMILES string of the molecule is O=C(NC1CC2CCC1N2)c1ncc(Cl)cc1F. The molecule has 3 atom stereocenters. The van der Waals surface area contributed by atoms with Crippen LogP contribution in [0.3, 0.4) is 0 Å². The number of pyridine rings is 1. The van der Waals surface area contributed by atoms with Crippen molar-refractivity contribution in [2.45, 2.75) is 37.4 Å². The average molecular weight is 270 g/mol. The van der Waals surface area contributed by atoms with Crippen LogP contribution in [0.25, 0.3) is 0 Å². The van der Waals surface area contributed by atoms with E-state index in [1.165, 1.54) is 6.20 Å². The minimum absolute atomic E-state index is 0.0770. The van der Waals surface area contributed by atoms with E-state index in [9.17, 15) is 9.18 Å². The summed E-state index contributed by atoms with van der Waals surface area (Å²) in [6.07, 6.45) is 4.40. The van der Waals surface area contributed by atoms with Gasteiger partial charge in [-0.3, -0.25) is 4.79 Å². The van der Waals surface area contributed by atoms with Crippen LogP contribution in [-0.4, -0.2) is 29.0 Å². The van der Waals surface area contributed by atoms with Crippen molar-refractivity contribution >= 4 is 17.5 Å².